The van der Waals surface area contributed by atoms with Gasteiger partial charge >= 0.3 is 0 Å². The molecule has 2 aromatic carbocycles. The van der Waals surface area contributed by atoms with Crippen molar-refractivity contribution in [1.82, 2.24) is 14.5 Å². The van der Waals surface area contributed by atoms with Crippen molar-refractivity contribution in [2.75, 3.05) is 0 Å². The summed E-state index contributed by atoms with van der Waals surface area (Å²) in [7, 11) is 0. The molecule has 0 bridgehead atoms. The number of hydrogen-bond donors (Lipinski definition) is 2. The standard InChI is InChI=1S/C20H17N5O3/c1-11-7-8-16-14(9-11)17(19(27)22-16)23-24-18(26)12(2)25-10-21-15-6-4-3-5-13(15)20(25)28/h3-10,12,22,27H,1-2H3/t12-/m1/s1. The third kappa shape index (κ3) is 2.94. The fourth-order valence-electron chi connectivity index (χ4n) is 3.04. The molecule has 1 amide bonds. The first-order valence-electron chi connectivity index (χ1n) is 8.68. The summed E-state index contributed by atoms with van der Waals surface area (Å²) in [5, 5.41) is 18.8. The second-order valence-electron chi connectivity index (χ2n) is 6.56. The van der Waals surface area contributed by atoms with Gasteiger partial charge in [-0.05, 0) is 38.1 Å². The fourth-order valence-corrected chi connectivity index (χ4v) is 3.04. The van der Waals surface area contributed by atoms with Crippen LogP contribution in [0.25, 0.3) is 21.8 Å². The summed E-state index contributed by atoms with van der Waals surface area (Å²) < 4.78 is 1.23. The third-order valence-electron chi connectivity index (χ3n) is 4.62. The highest BCUT2D eigenvalue weighted by Gasteiger charge is 2.18. The Bertz CT molecular complexity index is 1300. The predicted octanol–water partition coefficient (Wildman–Crippen LogP) is 3.76. The van der Waals surface area contributed by atoms with Crippen LogP contribution < -0.4 is 5.56 Å². The molecule has 2 heterocycles. The van der Waals surface area contributed by atoms with Crippen molar-refractivity contribution >= 4 is 33.4 Å². The predicted molar refractivity (Wildman–Crippen MR) is 105 cm³/mol. The van der Waals surface area contributed by atoms with Crippen LogP contribution in [-0.4, -0.2) is 25.5 Å². The van der Waals surface area contributed by atoms with Gasteiger partial charge in [0.1, 0.15) is 6.04 Å². The minimum absolute atomic E-state index is 0.172. The Morgan fingerprint density at radius 1 is 1.21 bits per heavy atom. The molecule has 0 saturated carbocycles. The first-order valence-corrected chi connectivity index (χ1v) is 8.68. The average Bonchev–Trinajstić information content (AvgIpc) is 3.00. The zero-order valence-electron chi connectivity index (χ0n) is 15.2. The monoisotopic (exact) mass is 375 g/mol. The maximum Gasteiger partial charge on any atom is 0.287 e. The van der Waals surface area contributed by atoms with E-state index in [9.17, 15) is 14.7 Å². The highest BCUT2D eigenvalue weighted by Crippen LogP contribution is 2.36. The third-order valence-corrected chi connectivity index (χ3v) is 4.62. The summed E-state index contributed by atoms with van der Waals surface area (Å²) in [5.74, 6) is -0.796. The second kappa shape index (κ2) is 6.73. The maximum atomic E-state index is 12.6. The highest BCUT2D eigenvalue weighted by atomic mass is 16.3. The van der Waals surface area contributed by atoms with Crippen molar-refractivity contribution in [3.8, 4) is 5.88 Å². The minimum atomic E-state index is -0.887. The summed E-state index contributed by atoms with van der Waals surface area (Å²) in [6.07, 6.45) is 1.33. The summed E-state index contributed by atoms with van der Waals surface area (Å²) >= 11 is 0. The number of nitrogens with zero attached hydrogens (tertiary/aromatic N) is 4. The average molecular weight is 375 g/mol. The Morgan fingerprint density at radius 3 is 2.82 bits per heavy atom. The zero-order valence-corrected chi connectivity index (χ0v) is 15.2. The van der Waals surface area contributed by atoms with Crippen molar-refractivity contribution in [3.05, 3.63) is 64.7 Å². The summed E-state index contributed by atoms with van der Waals surface area (Å²) in [4.78, 5) is 32.1. The van der Waals surface area contributed by atoms with Crippen LogP contribution in [0.3, 0.4) is 0 Å². The molecule has 28 heavy (non-hydrogen) atoms. The fraction of sp³-hybridized carbons (Fsp3) is 0.150. The van der Waals surface area contributed by atoms with Gasteiger partial charge in [-0.15, -0.1) is 10.2 Å². The van der Waals surface area contributed by atoms with Gasteiger partial charge in [-0.25, -0.2) is 4.98 Å². The Balaban J connectivity index is 1.67. The number of hydrogen-bond acceptors (Lipinski definition) is 5. The number of rotatable bonds is 3. The van der Waals surface area contributed by atoms with Gasteiger partial charge in [0, 0.05) is 5.39 Å². The van der Waals surface area contributed by atoms with Crippen molar-refractivity contribution in [1.29, 1.82) is 0 Å². The quantitative estimate of drug-likeness (QED) is 0.531. The molecular formula is C20H17N5O3. The van der Waals surface area contributed by atoms with E-state index in [1.807, 2.05) is 25.1 Å². The molecule has 2 N–H and O–H groups in total. The van der Waals surface area contributed by atoms with E-state index < -0.39 is 11.9 Å². The van der Waals surface area contributed by atoms with Crippen LogP contribution in [0.15, 0.2) is 63.8 Å². The molecule has 0 saturated heterocycles. The van der Waals surface area contributed by atoms with Crippen LogP contribution in [0.5, 0.6) is 5.88 Å². The molecule has 1 atom stereocenters. The molecule has 0 unspecified atom stereocenters. The number of carbonyl (C=O) groups excluding carboxylic acids is 1. The Morgan fingerprint density at radius 2 is 2.00 bits per heavy atom. The van der Waals surface area contributed by atoms with Gasteiger partial charge in [0.15, 0.2) is 5.69 Å². The van der Waals surface area contributed by atoms with Crippen LogP contribution in [-0.2, 0) is 4.79 Å². The van der Waals surface area contributed by atoms with Gasteiger partial charge in [0.25, 0.3) is 11.5 Å². The van der Waals surface area contributed by atoms with Crippen LogP contribution in [0.1, 0.15) is 18.5 Å². The van der Waals surface area contributed by atoms with Crippen LogP contribution in [0.2, 0.25) is 0 Å². The molecular weight excluding hydrogens is 358 g/mol. The lowest BCUT2D eigenvalue weighted by Gasteiger charge is -2.11. The molecule has 0 aliphatic heterocycles. The van der Waals surface area contributed by atoms with Crippen molar-refractivity contribution in [2.24, 2.45) is 10.2 Å². The molecule has 0 aliphatic rings. The van der Waals surface area contributed by atoms with E-state index in [0.717, 1.165) is 5.56 Å². The summed E-state index contributed by atoms with van der Waals surface area (Å²) in [6, 6.07) is 11.6. The number of para-hydroxylation sites is 1. The van der Waals surface area contributed by atoms with Crippen molar-refractivity contribution in [3.63, 3.8) is 0 Å². The van der Waals surface area contributed by atoms with Gasteiger partial charge in [0.2, 0.25) is 5.88 Å². The molecule has 0 radical (unpaired) electrons. The molecule has 140 valence electrons. The van der Waals surface area contributed by atoms with E-state index in [-0.39, 0.29) is 17.1 Å². The number of nitrogens with one attached hydrogen (secondary N) is 1. The molecule has 8 heteroatoms. The molecule has 0 aliphatic carbocycles. The van der Waals surface area contributed by atoms with Crippen molar-refractivity contribution in [2.45, 2.75) is 19.9 Å². The number of fused-ring (bicyclic) bond motifs is 2. The largest absolute Gasteiger partial charge is 0.493 e. The van der Waals surface area contributed by atoms with Crippen LogP contribution >= 0.6 is 0 Å². The topological polar surface area (TPSA) is 113 Å². The van der Waals surface area contributed by atoms with E-state index >= 15 is 0 Å². The van der Waals surface area contributed by atoms with E-state index in [0.29, 0.717) is 21.8 Å². The lowest BCUT2D eigenvalue weighted by molar-refractivity contribution is -0.121. The Hall–Kier alpha value is -3.81. The first kappa shape index (κ1) is 17.6. The van der Waals surface area contributed by atoms with Gasteiger partial charge in [-0.2, -0.15) is 0 Å². The SMILES string of the molecule is Cc1ccc2[nH]c(O)c(N=NC(=O)[C@@H](C)n3cnc4ccccc4c3=O)c2c1. The van der Waals surface area contributed by atoms with E-state index in [2.05, 4.69) is 20.2 Å². The molecule has 4 aromatic rings. The summed E-state index contributed by atoms with van der Waals surface area (Å²) in [6.45, 7) is 3.47. The number of azo groups is 1. The smallest absolute Gasteiger partial charge is 0.287 e. The number of H-pyrrole nitrogens is 1. The number of aryl methyl sites for hydroxylation is 1. The lowest BCUT2D eigenvalue weighted by Crippen LogP contribution is -2.27. The molecule has 8 nitrogen and oxygen atoms in total. The molecule has 0 fully saturated rings. The zero-order chi connectivity index (χ0) is 19.8. The van der Waals surface area contributed by atoms with Crippen LogP contribution in [0.4, 0.5) is 5.69 Å². The Kier molecular flexibility index (Phi) is 4.23. The van der Waals surface area contributed by atoms with Crippen molar-refractivity contribution < 1.29 is 9.90 Å². The highest BCUT2D eigenvalue weighted by molar-refractivity contribution is 5.95. The Labute approximate surface area is 159 Å². The van der Waals surface area contributed by atoms with Gasteiger partial charge in [-0.1, -0.05) is 23.8 Å². The van der Waals surface area contributed by atoms with E-state index in [4.69, 9.17) is 0 Å². The van der Waals surface area contributed by atoms with Gasteiger partial charge in [0.05, 0.1) is 22.7 Å². The number of benzene rings is 2. The number of carbonyl (C=O) groups is 1. The first-order chi connectivity index (χ1) is 13.5. The number of amides is 1. The minimum Gasteiger partial charge on any atom is -0.493 e. The molecule has 2 aromatic heterocycles. The molecule has 4 rings (SSSR count). The second-order valence-corrected chi connectivity index (χ2v) is 6.56. The number of aromatic hydroxyl groups is 1. The van der Waals surface area contributed by atoms with E-state index in [1.54, 1.807) is 31.2 Å². The van der Waals surface area contributed by atoms with Gasteiger partial charge in [-0.3, -0.25) is 14.2 Å². The maximum absolute atomic E-state index is 12.6. The number of aromatic nitrogens is 3. The lowest BCUT2D eigenvalue weighted by atomic mass is 10.1. The normalized spacial score (nSPS) is 12.8. The molecule has 0 spiro atoms. The number of aromatic amines is 1. The summed E-state index contributed by atoms with van der Waals surface area (Å²) in [5.41, 5.74) is 2.09. The van der Waals surface area contributed by atoms with Gasteiger partial charge < -0.3 is 10.1 Å². The van der Waals surface area contributed by atoms with E-state index in [1.165, 1.54) is 10.9 Å². The van der Waals surface area contributed by atoms with Crippen LogP contribution in [0, 0.1) is 6.92 Å².